The van der Waals surface area contributed by atoms with E-state index < -0.39 is 0 Å². The summed E-state index contributed by atoms with van der Waals surface area (Å²) in [5.41, 5.74) is 0. The normalized spacial score (nSPS) is 15.3. The third-order valence-corrected chi connectivity index (χ3v) is 2.83. The second-order valence-electron chi connectivity index (χ2n) is 6.21. The van der Waals surface area contributed by atoms with Crippen LogP contribution in [-0.2, 0) is 21.1 Å². The van der Waals surface area contributed by atoms with Crippen molar-refractivity contribution in [2.45, 2.75) is 0 Å². The van der Waals surface area contributed by atoms with Gasteiger partial charge in [-0.3, -0.25) is 0 Å². The molecule has 0 aliphatic carbocycles. The fraction of sp³-hybridized carbons (Fsp3) is 0. The molecular weight excluding hydrogens is 1200 g/mol. The maximum atomic E-state index is 4.63. The van der Waals surface area contributed by atoms with Gasteiger partial charge in [-0.2, -0.15) is 0 Å². The topological polar surface area (TPSA) is 879 Å². The molecule has 70 nitrogen and oxygen atoms in total. The smallest absolute Gasteiger partial charge is 0.0197 e. The Morgan fingerprint density at radius 2 is 0.194 bits per heavy atom. The summed E-state index contributed by atoms with van der Waals surface area (Å²) in [5, 5.41) is 203. The fourth-order valence-electron chi connectivity index (χ4n) is 1.21. The molecule has 0 aromatic carbocycles. The molecule has 0 fully saturated rings. The summed E-state index contributed by atoms with van der Waals surface area (Å²) in [5.74, 6) is 4.63. The van der Waals surface area contributed by atoms with Crippen molar-refractivity contribution in [2.24, 2.45) is 366 Å². The minimum absolute atomic E-state index is 0. The number of hydrogen-bond acceptors (Lipinski definition) is 1. The van der Waals surface area contributed by atoms with E-state index in [2.05, 4.69) is 375 Å². The Balaban J connectivity index is 0. The van der Waals surface area contributed by atoms with Crippen LogP contribution in [0.5, 0.6) is 0 Å². The molecule has 0 aromatic heterocycles. The summed E-state index contributed by atoms with van der Waals surface area (Å²) in [4.78, 5) is 3.06. The van der Waals surface area contributed by atoms with Crippen molar-refractivity contribution in [1.29, 1.82) is 0 Å². The van der Waals surface area contributed by atoms with Crippen molar-refractivity contribution in [1.82, 2.24) is 0 Å². The Bertz CT molecular complexity index is 2450. The zero-order valence-corrected chi connectivity index (χ0v) is 36.3. The minimum atomic E-state index is 0. The van der Waals surface area contributed by atoms with Crippen LogP contribution in [0.2, 0.25) is 0 Å². The predicted octanol–water partition coefficient (Wildman–Crippen LogP) is 12.7. The Morgan fingerprint density at radius 3 is 0.264 bits per heavy atom. The van der Waals surface area contributed by atoms with E-state index in [1.807, 2.05) is 0 Å². The van der Waals surface area contributed by atoms with E-state index in [4.69, 9.17) is 0 Å². The van der Waals surface area contributed by atoms with E-state index in [0.717, 1.165) is 0 Å². The third-order valence-electron chi connectivity index (χ3n) is 2.74. The van der Waals surface area contributed by atoms with Gasteiger partial charge in [-0.05, 0) is 78.3 Å². The summed E-state index contributed by atoms with van der Waals surface area (Å²) in [6, 6.07) is 0. The first-order chi connectivity index (χ1) is 35.4. The van der Waals surface area contributed by atoms with Gasteiger partial charge in [-0.15, -0.1) is 4.85 Å². The van der Waals surface area contributed by atoms with Gasteiger partial charge in [0.2, 0.25) is 0 Å². The zero-order chi connectivity index (χ0) is 50.8. The Kier molecular flexibility index (Phi) is 51.0. The maximum Gasteiger partial charge on any atom is 0.0197 e. The zero-order valence-electron chi connectivity index (χ0n) is 32.3. The molecule has 72 heteroatoms. The molecule has 0 radical (unpaired) electrons. The van der Waals surface area contributed by atoms with Gasteiger partial charge in [0, 0.05) is 302 Å². The van der Waals surface area contributed by atoms with E-state index in [-0.39, 0.29) is 21.1 Å². The fourth-order valence-corrected chi connectivity index (χ4v) is 1.25. The monoisotopic (exact) mass is 1200 g/mol. The molecule has 0 spiro atoms. The molecule has 2 N–H and O–H groups in total. The van der Waals surface area contributed by atoms with Crippen LogP contribution in [0.4, 0.5) is 0 Å². The Morgan fingerprint density at radius 1 is 0.125 bits per heavy atom. The maximum absolute atomic E-state index is 4.63. The quantitative estimate of drug-likeness (QED) is 0.0279. The molecule has 0 amide bonds. The van der Waals surface area contributed by atoms with Crippen LogP contribution in [0.25, 0.3) is 0 Å². The second-order valence-corrected chi connectivity index (χ2v) is 6.41. The summed E-state index contributed by atoms with van der Waals surface area (Å²) >= 11 is 0. The third kappa shape index (κ3) is 59.1. The van der Waals surface area contributed by atoms with Crippen molar-refractivity contribution < 1.29 is 21.1 Å². The number of hydrogen-bond donors (Lipinski definition) is 1. The molecule has 0 heterocycles. The Labute approximate surface area is 395 Å². The van der Waals surface area contributed by atoms with Crippen LogP contribution in [0.15, 0.2) is 360 Å². The minimum Gasteiger partial charge on any atom is -0.303 e. The van der Waals surface area contributed by atoms with Gasteiger partial charge < -0.3 is 5.84 Å². The standard InChI is InChI=1S/H3N70P.W/c1-2-3-4-5-6-7-8-9-10-11-12-13-14-15-16-17-18-19-20-21-22-23-24-25-26-27-28-29-30-31-32-33-34-35-36-37-38-39-40-41-42-43-44-45-46-47-48-49-50-51-52-53-54-55-56-57-58-59-60-61-62-63-64-65-66-67-68-69-70-71;/h71H,(H2,1,3,5,7,9,11,13,15,17,19,21,23,25,27,29,31,33,35,37,39,41,43,45,47,49,51,53,55,57,59,61,63,65,67,69);. The van der Waals surface area contributed by atoms with E-state index >= 15 is 0 Å². The van der Waals surface area contributed by atoms with Gasteiger partial charge in [0.05, 0.1) is 0 Å². The molecule has 0 saturated carbocycles. The number of rotatable bonds is 34. The summed E-state index contributed by atoms with van der Waals surface area (Å²) in [7, 11) is 2.64. The van der Waals surface area contributed by atoms with Crippen molar-refractivity contribution in [3.63, 3.8) is 0 Å². The van der Waals surface area contributed by atoms with E-state index in [1.165, 1.54) is 0 Å². The number of nitrogens with zero attached hydrogens (tertiary/aromatic N) is 69. The largest absolute Gasteiger partial charge is 0.303 e. The molecule has 364 valence electrons. The molecule has 0 aromatic rings. The van der Waals surface area contributed by atoms with Crippen LogP contribution >= 0.6 is 9.03 Å². The van der Waals surface area contributed by atoms with Crippen LogP contribution in [0, 0.1) is 0 Å². The van der Waals surface area contributed by atoms with Crippen molar-refractivity contribution in [3.8, 4) is 0 Å². The predicted molar refractivity (Wildman–Crippen MR) is 180 cm³/mol. The van der Waals surface area contributed by atoms with Crippen molar-refractivity contribution >= 4 is 9.03 Å². The molecule has 0 aliphatic heterocycles. The van der Waals surface area contributed by atoms with Gasteiger partial charge >= 0.3 is 0 Å². The molecule has 0 rings (SSSR count). The number of nitrogens with two attached hydrogens (primary N) is 1. The van der Waals surface area contributed by atoms with Gasteiger partial charge in [0.1, 0.15) is 0 Å². The first-order valence-corrected chi connectivity index (χ1v) is 14.5. The molecule has 0 atom stereocenters. The van der Waals surface area contributed by atoms with Crippen LogP contribution < -0.4 is 5.84 Å². The van der Waals surface area contributed by atoms with Crippen LogP contribution in [0.3, 0.4) is 0 Å². The first kappa shape index (κ1) is 61.1. The van der Waals surface area contributed by atoms with Gasteiger partial charge in [0.25, 0.3) is 0 Å². The average Bonchev–Trinajstić information content (AvgIpc) is 3.38. The van der Waals surface area contributed by atoms with Crippen LogP contribution in [0.1, 0.15) is 0 Å². The summed E-state index contributed by atoms with van der Waals surface area (Å²) < 4.78 is 0. The summed E-state index contributed by atoms with van der Waals surface area (Å²) in [6.07, 6.45) is 0. The average molecular weight is 1200 g/mol. The van der Waals surface area contributed by atoms with E-state index in [0.29, 0.717) is 0 Å². The van der Waals surface area contributed by atoms with Gasteiger partial charge in [0.15, 0.2) is 0 Å². The molecule has 0 aliphatic rings. The SMILES string of the molecule is N/N=N/N=N/N=N/N=N/N=N/N=N/N=N/N=N/N=N/N=N/N=N/N=N/N=N/N=N/N=N/N=N/N=N/N=N/N=N/N=N/N=N/N=N/N=N/N=N/N=N/N=N/N=N/N=N/N=N/N=N/N=N/N=N/N=N/N=N/N=P.[W]. The second kappa shape index (κ2) is 60.1. The molecule has 0 unspecified atom stereocenters. The summed E-state index contributed by atoms with van der Waals surface area (Å²) in [6.45, 7) is 0. The van der Waals surface area contributed by atoms with Crippen molar-refractivity contribution in [2.75, 3.05) is 0 Å². The van der Waals surface area contributed by atoms with E-state index in [1.54, 1.807) is 0 Å². The van der Waals surface area contributed by atoms with Crippen molar-refractivity contribution in [3.05, 3.63) is 0 Å². The molecular formula is H3N70PW. The molecule has 0 saturated heterocycles. The Hall–Kier alpha value is -13.0. The van der Waals surface area contributed by atoms with Gasteiger partial charge in [-0.1, -0.05) is 5.22 Å². The first-order valence-electron chi connectivity index (χ1n) is 14.1. The van der Waals surface area contributed by atoms with Gasteiger partial charge in [-0.25, -0.2) is 0 Å². The molecule has 0 bridgehead atoms. The molecule has 72 heavy (non-hydrogen) atoms. The van der Waals surface area contributed by atoms with Crippen LogP contribution in [-0.4, -0.2) is 0 Å². The van der Waals surface area contributed by atoms with E-state index in [9.17, 15) is 0 Å².